The van der Waals surface area contributed by atoms with Crippen LogP contribution in [0.15, 0.2) is 0 Å². The Labute approximate surface area is 302 Å². The van der Waals surface area contributed by atoms with Crippen molar-refractivity contribution in [3.05, 3.63) is 0 Å². The van der Waals surface area contributed by atoms with E-state index in [0.717, 1.165) is 70.4 Å². The molecule has 1 aliphatic heterocycles. The Morgan fingerprint density at radius 1 is 0.729 bits per heavy atom. The summed E-state index contributed by atoms with van der Waals surface area (Å²) in [6.45, 7) is 13.2. The normalized spacial score (nSPS) is 14.1. The molecule has 0 unspecified atom stereocenters. The van der Waals surface area contributed by atoms with Crippen molar-refractivity contribution in [1.29, 1.82) is 0 Å². The third kappa shape index (κ3) is 28.1. The lowest BCUT2D eigenvalue weighted by atomic mass is 9.92. The maximum absolute atomic E-state index is 12.8. The third-order valence-corrected chi connectivity index (χ3v) is 11.1. The van der Waals surface area contributed by atoms with Gasteiger partial charge in [-0.3, -0.25) is 9.52 Å². The number of hydrogen-bond donors (Lipinski definition) is 1. The summed E-state index contributed by atoms with van der Waals surface area (Å²) < 4.78 is 15.0. The zero-order valence-electron chi connectivity index (χ0n) is 32.2. The summed E-state index contributed by atoms with van der Waals surface area (Å²) in [7, 11) is 0. The maximum atomic E-state index is 12.8. The van der Waals surface area contributed by atoms with Crippen LogP contribution in [0.3, 0.4) is 0 Å². The lowest BCUT2D eigenvalue weighted by molar-refractivity contribution is -0.150. The molecule has 1 fully saturated rings. The van der Waals surface area contributed by atoms with Gasteiger partial charge in [0.15, 0.2) is 0 Å². The number of carbonyl (C=O) groups excluding carboxylic acids is 2. The van der Waals surface area contributed by atoms with Gasteiger partial charge in [-0.1, -0.05) is 135 Å². The minimum absolute atomic E-state index is 0.0381. The molecule has 0 bridgehead atoms. The van der Waals surface area contributed by atoms with E-state index in [1.807, 2.05) is 11.9 Å². The fraction of sp³-hybridized carbons (Fsp3) is 0.951. The number of nitrogens with one attached hydrogen (secondary N) is 1. The van der Waals surface area contributed by atoms with Crippen LogP contribution in [0, 0.1) is 5.41 Å². The van der Waals surface area contributed by atoms with E-state index in [9.17, 15) is 9.59 Å². The summed E-state index contributed by atoms with van der Waals surface area (Å²) in [5.74, 6) is 1.16. The zero-order valence-corrected chi connectivity index (χ0v) is 33.0. The number of hydrogen-bond acceptors (Lipinski definition) is 7. The van der Waals surface area contributed by atoms with Crippen molar-refractivity contribution in [2.45, 2.75) is 200 Å². The SMILES string of the molecule is CCCCCCCCC(CCCCCCCC)OC(=O)CCCCCCCN(CCCCCCCC=O)CCCNSCC1(C)COC1. The fourth-order valence-corrected chi connectivity index (χ4v) is 7.49. The number of nitrogens with zero attached hydrogens (tertiary/aromatic N) is 1. The van der Waals surface area contributed by atoms with Gasteiger partial charge < -0.3 is 19.2 Å². The molecule has 0 aliphatic carbocycles. The number of unbranched alkanes of at least 4 members (excludes halogenated alkanes) is 19. The Kier molecular flexibility index (Phi) is 31.7. The largest absolute Gasteiger partial charge is 0.462 e. The first kappa shape index (κ1) is 45.4. The molecule has 1 heterocycles. The Bertz CT molecular complexity index is 705. The highest BCUT2D eigenvalue weighted by molar-refractivity contribution is 7.97. The van der Waals surface area contributed by atoms with Crippen LogP contribution in [0.25, 0.3) is 0 Å². The molecule has 1 aliphatic rings. The summed E-state index contributed by atoms with van der Waals surface area (Å²) in [4.78, 5) is 26.0. The fourth-order valence-electron chi connectivity index (χ4n) is 6.58. The second kappa shape index (κ2) is 33.5. The minimum atomic E-state index is 0.0381. The van der Waals surface area contributed by atoms with Gasteiger partial charge in [0.05, 0.1) is 13.2 Å². The lowest BCUT2D eigenvalue weighted by Crippen LogP contribution is -2.42. The Morgan fingerprint density at radius 2 is 1.23 bits per heavy atom. The summed E-state index contributed by atoms with van der Waals surface area (Å²) in [6.07, 6.45) is 33.0. The first-order valence-corrected chi connectivity index (χ1v) is 21.8. The molecule has 0 atom stereocenters. The highest BCUT2D eigenvalue weighted by Crippen LogP contribution is 2.29. The Balaban J connectivity index is 2.25. The lowest BCUT2D eigenvalue weighted by Gasteiger charge is -2.37. The van der Waals surface area contributed by atoms with E-state index in [4.69, 9.17) is 9.47 Å². The molecule has 48 heavy (non-hydrogen) atoms. The van der Waals surface area contributed by atoms with Gasteiger partial charge in [-0.05, 0) is 77.4 Å². The summed E-state index contributed by atoms with van der Waals surface area (Å²) >= 11 is 1.86. The molecular weight excluding hydrogens is 617 g/mol. The van der Waals surface area contributed by atoms with Gasteiger partial charge in [-0.2, -0.15) is 0 Å². The van der Waals surface area contributed by atoms with E-state index < -0.39 is 0 Å². The molecule has 1 saturated heterocycles. The minimum Gasteiger partial charge on any atom is -0.462 e. The van der Waals surface area contributed by atoms with Crippen molar-refractivity contribution >= 4 is 24.2 Å². The third-order valence-electron chi connectivity index (χ3n) is 9.89. The van der Waals surface area contributed by atoms with Crippen molar-refractivity contribution in [3.63, 3.8) is 0 Å². The first-order chi connectivity index (χ1) is 23.5. The van der Waals surface area contributed by atoms with E-state index >= 15 is 0 Å². The molecule has 6 nitrogen and oxygen atoms in total. The van der Waals surface area contributed by atoms with Gasteiger partial charge in [-0.15, -0.1) is 0 Å². The van der Waals surface area contributed by atoms with Crippen molar-refractivity contribution < 1.29 is 19.1 Å². The van der Waals surface area contributed by atoms with Crippen molar-refractivity contribution in [2.75, 3.05) is 45.1 Å². The molecule has 0 radical (unpaired) electrons. The molecular formula is C41H80N2O4S. The van der Waals surface area contributed by atoms with Crippen LogP contribution in [0.1, 0.15) is 194 Å². The summed E-state index contributed by atoms with van der Waals surface area (Å²) in [5, 5.41) is 0. The molecule has 0 amide bonds. The van der Waals surface area contributed by atoms with Gasteiger partial charge in [0.2, 0.25) is 0 Å². The average Bonchev–Trinajstić information content (AvgIpc) is 3.07. The van der Waals surface area contributed by atoms with Crippen LogP contribution in [-0.4, -0.2) is 68.4 Å². The quantitative estimate of drug-likeness (QED) is 0.0298. The zero-order chi connectivity index (χ0) is 34.8. The van der Waals surface area contributed by atoms with Crippen molar-refractivity contribution in [1.82, 2.24) is 9.62 Å². The maximum Gasteiger partial charge on any atom is 0.306 e. The molecule has 0 aromatic carbocycles. The second-order valence-corrected chi connectivity index (χ2v) is 16.0. The number of carbonyl (C=O) groups is 2. The van der Waals surface area contributed by atoms with Crippen molar-refractivity contribution in [2.24, 2.45) is 5.41 Å². The number of aldehydes is 1. The standard InChI is InChI=1S/C41H80N2O4S/c1-4-6-8-10-15-21-28-39(29-22-16-11-9-7-5-2)47-40(45)30-23-17-14-19-25-33-43(32-24-18-12-13-20-26-35-44)34-27-31-42-48-38-41(3)36-46-37-41/h35,39,42H,4-34,36-38H2,1-3H3. The van der Waals surface area contributed by atoms with Gasteiger partial charge >= 0.3 is 5.97 Å². The van der Waals surface area contributed by atoms with Crippen LogP contribution in [0.5, 0.6) is 0 Å². The number of esters is 1. The molecule has 0 spiro atoms. The molecule has 0 saturated carbocycles. The molecule has 7 heteroatoms. The highest BCUT2D eigenvalue weighted by atomic mass is 32.2. The predicted octanol–water partition coefficient (Wildman–Crippen LogP) is 11.2. The average molecular weight is 697 g/mol. The topological polar surface area (TPSA) is 67.9 Å². The smallest absolute Gasteiger partial charge is 0.306 e. The molecule has 1 rings (SSSR count). The predicted molar refractivity (Wildman–Crippen MR) is 208 cm³/mol. The molecule has 0 aromatic rings. The monoisotopic (exact) mass is 697 g/mol. The van der Waals surface area contributed by atoms with E-state index in [2.05, 4.69) is 30.4 Å². The second-order valence-electron chi connectivity index (χ2n) is 15.1. The Hall–Kier alpha value is -0.630. The number of ether oxygens (including phenoxy) is 2. The van der Waals surface area contributed by atoms with E-state index in [1.165, 1.54) is 142 Å². The molecule has 284 valence electrons. The van der Waals surface area contributed by atoms with E-state index in [0.29, 0.717) is 18.3 Å². The van der Waals surface area contributed by atoms with Crippen LogP contribution in [-0.2, 0) is 19.1 Å². The van der Waals surface area contributed by atoms with Gasteiger partial charge in [0, 0.05) is 30.6 Å². The van der Waals surface area contributed by atoms with Gasteiger partial charge in [-0.25, -0.2) is 0 Å². The number of rotatable bonds is 38. The first-order valence-electron chi connectivity index (χ1n) is 20.8. The molecule has 1 N–H and O–H groups in total. The van der Waals surface area contributed by atoms with E-state index in [1.54, 1.807) is 0 Å². The van der Waals surface area contributed by atoms with Crippen molar-refractivity contribution in [3.8, 4) is 0 Å². The van der Waals surface area contributed by atoms with E-state index in [-0.39, 0.29) is 12.1 Å². The van der Waals surface area contributed by atoms with Crippen LogP contribution in [0.2, 0.25) is 0 Å². The summed E-state index contributed by atoms with van der Waals surface area (Å²) in [6, 6.07) is 0. The van der Waals surface area contributed by atoms with Crippen LogP contribution in [0.4, 0.5) is 0 Å². The van der Waals surface area contributed by atoms with Crippen LogP contribution < -0.4 is 4.72 Å². The van der Waals surface area contributed by atoms with Gasteiger partial charge in [0.1, 0.15) is 12.4 Å². The molecule has 0 aromatic heterocycles. The summed E-state index contributed by atoms with van der Waals surface area (Å²) in [5.41, 5.74) is 0.360. The van der Waals surface area contributed by atoms with Gasteiger partial charge in [0.25, 0.3) is 0 Å². The Morgan fingerprint density at radius 3 is 1.77 bits per heavy atom. The highest BCUT2D eigenvalue weighted by Gasteiger charge is 2.33. The van der Waals surface area contributed by atoms with Crippen LogP contribution >= 0.6 is 11.9 Å².